The van der Waals surface area contributed by atoms with Crippen molar-refractivity contribution in [1.82, 2.24) is 10.3 Å². The maximum atomic E-state index is 12.8. The molecule has 0 radical (unpaired) electrons. The maximum Gasteiger partial charge on any atom is 0.416 e. The molecule has 0 aliphatic carbocycles. The normalized spacial score (nSPS) is 11.5. The van der Waals surface area contributed by atoms with Gasteiger partial charge in [0.2, 0.25) is 5.91 Å². The van der Waals surface area contributed by atoms with Crippen molar-refractivity contribution in [2.45, 2.75) is 25.4 Å². The van der Waals surface area contributed by atoms with Crippen molar-refractivity contribution in [2.24, 2.45) is 5.73 Å². The first-order valence-electron chi connectivity index (χ1n) is 7.49. The van der Waals surface area contributed by atoms with Crippen molar-refractivity contribution < 1.29 is 18.0 Å². The van der Waals surface area contributed by atoms with E-state index in [1.165, 1.54) is 17.4 Å². The van der Waals surface area contributed by atoms with Crippen LogP contribution in [0.2, 0.25) is 0 Å². The Morgan fingerprint density at radius 3 is 2.79 bits per heavy atom. The molecule has 0 spiro atoms. The van der Waals surface area contributed by atoms with Crippen LogP contribution >= 0.6 is 11.3 Å². The lowest BCUT2D eigenvalue weighted by atomic mass is 10.1. The minimum atomic E-state index is -4.39. The van der Waals surface area contributed by atoms with Crippen molar-refractivity contribution in [3.05, 3.63) is 40.9 Å². The Bertz CT molecular complexity index is 685. The molecule has 1 heterocycles. The molecule has 2 aromatic rings. The van der Waals surface area contributed by atoms with Crippen LogP contribution in [0.15, 0.2) is 29.6 Å². The van der Waals surface area contributed by atoms with E-state index in [2.05, 4.69) is 10.3 Å². The molecular weight excluding hydrogens is 339 g/mol. The van der Waals surface area contributed by atoms with Gasteiger partial charge in [-0.05, 0) is 31.5 Å². The van der Waals surface area contributed by atoms with Gasteiger partial charge in [-0.1, -0.05) is 12.1 Å². The number of nitrogens with zero attached hydrogens (tertiary/aromatic N) is 1. The van der Waals surface area contributed by atoms with E-state index >= 15 is 0 Å². The predicted octanol–water partition coefficient (Wildman–Crippen LogP) is 3.23. The Morgan fingerprint density at radius 2 is 2.08 bits per heavy atom. The van der Waals surface area contributed by atoms with Crippen LogP contribution < -0.4 is 11.1 Å². The Labute approximate surface area is 141 Å². The number of hydrogen-bond acceptors (Lipinski definition) is 4. The van der Waals surface area contributed by atoms with Crippen LogP contribution in [-0.2, 0) is 17.4 Å². The monoisotopic (exact) mass is 357 g/mol. The summed E-state index contributed by atoms with van der Waals surface area (Å²) in [6.07, 6.45) is -2.62. The van der Waals surface area contributed by atoms with E-state index in [9.17, 15) is 18.0 Å². The number of amides is 1. The summed E-state index contributed by atoms with van der Waals surface area (Å²) >= 11 is 1.22. The largest absolute Gasteiger partial charge is 0.416 e. The van der Waals surface area contributed by atoms with Gasteiger partial charge in [-0.15, -0.1) is 11.3 Å². The number of hydrogen-bond donors (Lipinski definition) is 2. The molecule has 0 bridgehead atoms. The van der Waals surface area contributed by atoms with Gasteiger partial charge in [0.25, 0.3) is 0 Å². The highest BCUT2D eigenvalue weighted by Gasteiger charge is 2.30. The third-order valence-electron chi connectivity index (χ3n) is 3.28. The number of aromatic nitrogens is 1. The molecule has 2 rings (SSSR count). The Kier molecular flexibility index (Phi) is 6.33. The summed E-state index contributed by atoms with van der Waals surface area (Å²) in [5, 5.41) is 4.92. The average molecular weight is 357 g/mol. The molecule has 8 heteroatoms. The fourth-order valence-corrected chi connectivity index (χ4v) is 2.89. The molecule has 1 aromatic carbocycles. The molecule has 0 atom stereocenters. The second-order valence-electron chi connectivity index (χ2n) is 5.25. The number of unbranched alkanes of at least 4 members (excludes halogenated alkanes) is 1. The molecule has 0 saturated carbocycles. The van der Waals surface area contributed by atoms with E-state index in [0.717, 1.165) is 25.0 Å². The van der Waals surface area contributed by atoms with Crippen molar-refractivity contribution in [3.63, 3.8) is 0 Å². The first-order chi connectivity index (χ1) is 11.4. The fourth-order valence-electron chi connectivity index (χ4n) is 2.07. The Hall–Kier alpha value is -1.93. The van der Waals surface area contributed by atoms with Crippen LogP contribution in [0.5, 0.6) is 0 Å². The molecule has 0 aliphatic rings. The number of nitrogens with two attached hydrogens (primary N) is 1. The molecule has 24 heavy (non-hydrogen) atoms. The smallest absolute Gasteiger partial charge is 0.356 e. The molecule has 1 amide bonds. The number of nitrogens with one attached hydrogen (secondary N) is 1. The second kappa shape index (κ2) is 8.25. The van der Waals surface area contributed by atoms with Crippen LogP contribution in [0.4, 0.5) is 13.2 Å². The minimum Gasteiger partial charge on any atom is -0.356 e. The molecule has 3 N–H and O–H groups in total. The number of carbonyl (C=O) groups is 1. The van der Waals surface area contributed by atoms with Gasteiger partial charge in [0, 0.05) is 17.5 Å². The van der Waals surface area contributed by atoms with E-state index in [-0.39, 0.29) is 12.3 Å². The summed E-state index contributed by atoms with van der Waals surface area (Å²) in [6, 6.07) is 5.01. The third-order valence-corrected chi connectivity index (χ3v) is 4.22. The van der Waals surface area contributed by atoms with Gasteiger partial charge in [-0.25, -0.2) is 4.98 Å². The summed E-state index contributed by atoms with van der Waals surface area (Å²) in [5.41, 5.74) is 5.60. The van der Waals surface area contributed by atoms with Crippen molar-refractivity contribution in [3.8, 4) is 10.6 Å². The van der Waals surface area contributed by atoms with Crippen LogP contribution in [0.1, 0.15) is 24.1 Å². The molecule has 130 valence electrons. The Morgan fingerprint density at radius 1 is 1.29 bits per heavy atom. The van der Waals surface area contributed by atoms with Crippen LogP contribution in [-0.4, -0.2) is 24.0 Å². The average Bonchev–Trinajstić information content (AvgIpc) is 2.99. The van der Waals surface area contributed by atoms with Gasteiger partial charge in [0.15, 0.2) is 0 Å². The van der Waals surface area contributed by atoms with Gasteiger partial charge in [-0.2, -0.15) is 13.2 Å². The highest BCUT2D eigenvalue weighted by atomic mass is 32.1. The lowest BCUT2D eigenvalue weighted by molar-refractivity contribution is -0.137. The van der Waals surface area contributed by atoms with Gasteiger partial charge in [0.1, 0.15) is 5.01 Å². The van der Waals surface area contributed by atoms with Gasteiger partial charge in [0.05, 0.1) is 17.7 Å². The maximum absolute atomic E-state index is 12.8. The Balaban J connectivity index is 1.99. The lowest BCUT2D eigenvalue weighted by Gasteiger charge is -2.07. The topological polar surface area (TPSA) is 68.0 Å². The number of rotatable bonds is 7. The molecule has 0 unspecified atom stereocenters. The quantitative estimate of drug-likeness (QED) is 0.748. The van der Waals surface area contributed by atoms with Crippen molar-refractivity contribution in [2.75, 3.05) is 13.1 Å². The van der Waals surface area contributed by atoms with E-state index in [1.807, 2.05) is 0 Å². The minimum absolute atomic E-state index is 0.109. The van der Waals surface area contributed by atoms with Crippen LogP contribution in [0.25, 0.3) is 10.6 Å². The summed E-state index contributed by atoms with van der Waals surface area (Å²) < 4.78 is 38.3. The van der Waals surface area contributed by atoms with Crippen molar-refractivity contribution in [1.29, 1.82) is 0 Å². The molecular formula is C16H18F3N3OS. The van der Waals surface area contributed by atoms with E-state index in [4.69, 9.17) is 5.73 Å². The zero-order valence-corrected chi connectivity index (χ0v) is 13.7. The number of thiazole rings is 1. The first kappa shape index (κ1) is 18.4. The SMILES string of the molecule is NCCCCNC(=O)Cc1csc(-c2cccc(C(F)(F)F)c2)n1. The van der Waals surface area contributed by atoms with E-state index < -0.39 is 11.7 Å². The lowest BCUT2D eigenvalue weighted by Crippen LogP contribution is -2.26. The molecule has 0 aliphatic heterocycles. The van der Waals surface area contributed by atoms with Gasteiger partial charge in [-0.3, -0.25) is 4.79 Å². The molecule has 1 aromatic heterocycles. The summed E-state index contributed by atoms with van der Waals surface area (Å²) in [5.74, 6) is -0.159. The highest BCUT2D eigenvalue weighted by Crippen LogP contribution is 2.33. The number of alkyl halides is 3. The second-order valence-corrected chi connectivity index (χ2v) is 6.10. The zero-order chi connectivity index (χ0) is 17.6. The number of carbonyl (C=O) groups excluding carboxylic acids is 1. The summed E-state index contributed by atoms with van der Waals surface area (Å²) in [6.45, 7) is 1.14. The number of benzene rings is 1. The summed E-state index contributed by atoms with van der Waals surface area (Å²) in [4.78, 5) is 16.0. The molecule has 0 saturated heterocycles. The first-order valence-corrected chi connectivity index (χ1v) is 8.37. The summed E-state index contributed by atoms with van der Waals surface area (Å²) in [7, 11) is 0. The van der Waals surface area contributed by atoms with Gasteiger partial charge < -0.3 is 11.1 Å². The number of halogens is 3. The van der Waals surface area contributed by atoms with E-state index in [1.54, 1.807) is 11.4 Å². The van der Waals surface area contributed by atoms with Crippen LogP contribution in [0.3, 0.4) is 0 Å². The standard InChI is InChI=1S/C16H18F3N3OS/c17-16(18,19)12-5-3-4-11(8-12)15-22-13(10-24-15)9-14(23)21-7-2-1-6-20/h3-5,8,10H,1-2,6-7,9,20H2,(H,21,23). The molecule has 4 nitrogen and oxygen atoms in total. The molecule has 0 fully saturated rings. The zero-order valence-electron chi connectivity index (χ0n) is 12.9. The van der Waals surface area contributed by atoms with Crippen molar-refractivity contribution >= 4 is 17.2 Å². The predicted molar refractivity (Wildman–Crippen MR) is 87.6 cm³/mol. The fraction of sp³-hybridized carbons (Fsp3) is 0.375. The van der Waals surface area contributed by atoms with Crippen LogP contribution in [0, 0.1) is 0 Å². The highest BCUT2D eigenvalue weighted by molar-refractivity contribution is 7.13. The van der Waals surface area contributed by atoms with E-state index in [0.29, 0.717) is 29.4 Å². The third kappa shape index (κ3) is 5.31. The van der Waals surface area contributed by atoms with Gasteiger partial charge >= 0.3 is 6.18 Å².